The van der Waals surface area contributed by atoms with Crippen LogP contribution in [0, 0.1) is 11.3 Å². The molecule has 114 valence electrons. The second-order valence-electron chi connectivity index (χ2n) is 6.47. The number of aromatic amines is 1. The molecular formula is C13H24N4O2S. The normalized spacial score (nSPS) is 21.5. The molecule has 1 aliphatic heterocycles. The number of nitrogens with zero attached hydrogens (tertiary/aromatic N) is 2. The summed E-state index contributed by atoms with van der Waals surface area (Å²) in [4.78, 5) is 0. The van der Waals surface area contributed by atoms with Crippen molar-refractivity contribution < 1.29 is 8.42 Å². The van der Waals surface area contributed by atoms with Crippen LogP contribution in [0.5, 0.6) is 0 Å². The van der Waals surface area contributed by atoms with E-state index in [4.69, 9.17) is 0 Å². The third-order valence-electron chi connectivity index (χ3n) is 4.02. The Hall–Kier alpha value is -0.920. The zero-order valence-electron chi connectivity index (χ0n) is 12.6. The SMILES string of the molecule is CNCc1cn[nH]c1S(=O)(=O)N1CCC(C(C)(C)C)C1. The van der Waals surface area contributed by atoms with Crippen LogP contribution in [0.15, 0.2) is 11.2 Å². The first-order valence-electron chi connectivity index (χ1n) is 6.94. The number of sulfonamides is 1. The van der Waals surface area contributed by atoms with Crippen molar-refractivity contribution >= 4 is 10.0 Å². The summed E-state index contributed by atoms with van der Waals surface area (Å²) in [6.07, 6.45) is 2.49. The van der Waals surface area contributed by atoms with Crippen molar-refractivity contribution in [1.82, 2.24) is 19.8 Å². The summed E-state index contributed by atoms with van der Waals surface area (Å²) in [5, 5.41) is 9.70. The van der Waals surface area contributed by atoms with Gasteiger partial charge in [-0.05, 0) is 24.8 Å². The summed E-state index contributed by atoms with van der Waals surface area (Å²) < 4.78 is 27.0. The van der Waals surface area contributed by atoms with Crippen LogP contribution in [0.2, 0.25) is 0 Å². The third kappa shape index (κ3) is 2.89. The molecule has 0 radical (unpaired) electrons. The molecule has 0 spiro atoms. The minimum absolute atomic E-state index is 0.131. The topological polar surface area (TPSA) is 78.1 Å². The van der Waals surface area contributed by atoms with Crippen LogP contribution < -0.4 is 5.32 Å². The van der Waals surface area contributed by atoms with Crippen molar-refractivity contribution in [3.63, 3.8) is 0 Å². The van der Waals surface area contributed by atoms with Crippen LogP contribution in [0.1, 0.15) is 32.8 Å². The number of hydrogen-bond acceptors (Lipinski definition) is 4. The van der Waals surface area contributed by atoms with E-state index in [1.807, 2.05) is 0 Å². The fraction of sp³-hybridized carbons (Fsp3) is 0.769. The van der Waals surface area contributed by atoms with Gasteiger partial charge in [-0.25, -0.2) is 8.42 Å². The van der Waals surface area contributed by atoms with E-state index in [0.717, 1.165) is 6.42 Å². The highest BCUT2D eigenvalue weighted by molar-refractivity contribution is 7.89. The van der Waals surface area contributed by atoms with Crippen molar-refractivity contribution in [3.05, 3.63) is 11.8 Å². The maximum absolute atomic E-state index is 12.7. The van der Waals surface area contributed by atoms with Crippen LogP contribution in [-0.4, -0.2) is 43.1 Å². The van der Waals surface area contributed by atoms with Gasteiger partial charge in [-0.15, -0.1) is 0 Å². The van der Waals surface area contributed by atoms with Gasteiger partial charge in [0.15, 0.2) is 5.03 Å². The Morgan fingerprint density at radius 3 is 2.75 bits per heavy atom. The highest BCUT2D eigenvalue weighted by Gasteiger charge is 2.38. The number of H-pyrrole nitrogens is 1. The molecule has 1 saturated heterocycles. The van der Waals surface area contributed by atoms with Gasteiger partial charge < -0.3 is 5.32 Å². The van der Waals surface area contributed by atoms with E-state index in [2.05, 4.69) is 36.3 Å². The molecule has 1 atom stereocenters. The Labute approximate surface area is 121 Å². The van der Waals surface area contributed by atoms with Crippen LogP contribution in [-0.2, 0) is 16.6 Å². The quantitative estimate of drug-likeness (QED) is 0.875. The Balaban J connectivity index is 2.22. The molecule has 1 unspecified atom stereocenters. The van der Waals surface area contributed by atoms with Gasteiger partial charge in [0.1, 0.15) is 0 Å². The zero-order valence-corrected chi connectivity index (χ0v) is 13.4. The second-order valence-corrected chi connectivity index (χ2v) is 8.34. The first-order valence-corrected chi connectivity index (χ1v) is 8.38. The van der Waals surface area contributed by atoms with Crippen molar-refractivity contribution in [1.29, 1.82) is 0 Å². The van der Waals surface area contributed by atoms with Crippen molar-refractivity contribution in [2.75, 3.05) is 20.1 Å². The number of hydrogen-bond donors (Lipinski definition) is 2. The number of rotatable bonds is 4. The van der Waals surface area contributed by atoms with E-state index in [1.165, 1.54) is 0 Å². The molecule has 20 heavy (non-hydrogen) atoms. The van der Waals surface area contributed by atoms with E-state index < -0.39 is 10.0 Å². The molecule has 0 aromatic carbocycles. The van der Waals surface area contributed by atoms with E-state index in [0.29, 0.717) is 31.1 Å². The molecule has 6 nitrogen and oxygen atoms in total. The van der Waals surface area contributed by atoms with Crippen molar-refractivity contribution in [3.8, 4) is 0 Å². The molecule has 1 aliphatic rings. The standard InChI is InChI=1S/C13H24N4O2S/c1-13(2,3)11-5-6-17(9-11)20(18,19)12-10(7-14-4)8-15-16-12/h8,11,14H,5-7,9H2,1-4H3,(H,15,16). The maximum atomic E-state index is 12.7. The van der Waals surface area contributed by atoms with Gasteiger partial charge in [0.05, 0.1) is 6.20 Å². The largest absolute Gasteiger partial charge is 0.316 e. The first-order chi connectivity index (χ1) is 9.26. The predicted molar refractivity (Wildman–Crippen MR) is 77.7 cm³/mol. The molecule has 1 aromatic rings. The van der Waals surface area contributed by atoms with Crippen LogP contribution in [0.4, 0.5) is 0 Å². The van der Waals surface area contributed by atoms with Gasteiger partial charge in [0, 0.05) is 25.2 Å². The molecule has 2 heterocycles. The van der Waals surface area contributed by atoms with Gasteiger partial charge in [0.25, 0.3) is 10.0 Å². The lowest BCUT2D eigenvalue weighted by atomic mass is 9.80. The van der Waals surface area contributed by atoms with E-state index in [1.54, 1.807) is 17.5 Å². The predicted octanol–water partition coefficient (Wildman–Crippen LogP) is 1.19. The van der Waals surface area contributed by atoms with Gasteiger partial charge in [-0.1, -0.05) is 20.8 Å². The third-order valence-corrected chi connectivity index (χ3v) is 5.90. The summed E-state index contributed by atoms with van der Waals surface area (Å²) >= 11 is 0. The Bertz CT molecular complexity index is 559. The second kappa shape index (κ2) is 5.46. The Kier molecular flexibility index (Phi) is 4.22. The highest BCUT2D eigenvalue weighted by Crippen LogP contribution is 2.35. The molecule has 0 aliphatic carbocycles. The summed E-state index contributed by atoms with van der Waals surface area (Å²) in [7, 11) is -1.68. The molecule has 0 amide bonds. The summed E-state index contributed by atoms with van der Waals surface area (Å²) in [6.45, 7) is 8.15. The first kappa shape index (κ1) is 15.5. The smallest absolute Gasteiger partial charge is 0.260 e. The Morgan fingerprint density at radius 1 is 1.50 bits per heavy atom. The lowest BCUT2D eigenvalue weighted by Crippen LogP contribution is -2.32. The average Bonchev–Trinajstić information content (AvgIpc) is 2.97. The maximum Gasteiger partial charge on any atom is 0.260 e. The molecule has 7 heteroatoms. The lowest BCUT2D eigenvalue weighted by Gasteiger charge is -2.26. The minimum Gasteiger partial charge on any atom is -0.316 e. The van der Waals surface area contributed by atoms with Crippen LogP contribution in [0.3, 0.4) is 0 Å². The number of nitrogens with one attached hydrogen (secondary N) is 2. The van der Waals surface area contributed by atoms with Crippen LogP contribution >= 0.6 is 0 Å². The van der Waals surface area contributed by atoms with Crippen molar-refractivity contribution in [2.45, 2.75) is 38.8 Å². The molecule has 2 N–H and O–H groups in total. The molecule has 1 aromatic heterocycles. The van der Waals surface area contributed by atoms with Gasteiger partial charge in [-0.3, -0.25) is 5.10 Å². The van der Waals surface area contributed by atoms with Gasteiger partial charge >= 0.3 is 0 Å². The summed E-state index contributed by atoms with van der Waals surface area (Å²) in [5.74, 6) is 0.396. The average molecular weight is 300 g/mol. The molecule has 1 fully saturated rings. The zero-order chi connectivity index (χ0) is 15.0. The van der Waals surface area contributed by atoms with Crippen molar-refractivity contribution in [2.24, 2.45) is 11.3 Å². The monoisotopic (exact) mass is 300 g/mol. The van der Waals surface area contributed by atoms with Gasteiger partial charge in [-0.2, -0.15) is 9.40 Å². The van der Waals surface area contributed by atoms with Crippen LogP contribution in [0.25, 0.3) is 0 Å². The van der Waals surface area contributed by atoms with E-state index in [9.17, 15) is 8.42 Å². The van der Waals surface area contributed by atoms with E-state index >= 15 is 0 Å². The summed E-state index contributed by atoms with van der Waals surface area (Å²) in [5.41, 5.74) is 0.818. The molecule has 2 rings (SSSR count). The molecule has 0 saturated carbocycles. The fourth-order valence-electron chi connectivity index (χ4n) is 2.62. The molecule has 0 bridgehead atoms. The van der Waals surface area contributed by atoms with Gasteiger partial charge in [0.2, 0.25) is 0 Å². The highest BCUT2D eigenvalue weighted by atomic mass is 32.2. The Morgan fingerprint density at radius 2 is 2.20 bits per heavy atom. The lowest BCUT2D eigenvalue weighted by molar-refractivity contribution is 0.251. The fourth-order valence-corrected chi connectivity index (χ4v) is 4.23. The van der Waals surface area contributed by atoms with E-state index in [-0.39, 0.29) is 10.4 Å². The summed E-state index contributed by atoms with van der Waals surface area (Å²) in [6, 6.07) is 0. The number of aromatic nitrogens is 2. The minimum atomic E-state index is -3.47. The molecular weight excluding hydrogens is 276 g/mol.